The smallest absolute Gasteiger partial charge is 0.387 e. The lowest BCUT2D eigenvalue weighted by Crippen LogP contribution is -2.41. The summed E-state index contributed by atoms with van der Waals surface area (Å²) in [6, 6.07) is 10.7. The van der Waals surface area contributed by atoms with E-state index in [4.69, 9.17) is 4.74 Å². The van der Waals surface area contributed by atoms with Crippen LogP contribution in [0.1, 0.15) is 18.1 Å². The van der Waals surface area contributed by atoms with Gasteiger partial charge in [-0.15, -0.1) is 0 Å². The standard InChI is InChI=1S/C21H22F2N2O4/c1-13-17(5-4-6-18(13)29-21(22)23)25-20(27)14(2)24-19(26)12-9-15-7-10-16(28-3)11-8-15/h4-12,14,21H,1-3H3,(H,24,26)(H,25,27)/b12-9+. The molecule has 0 radical (unpaired) electrons. The summed E-state index contributed by atoms with van der Waals surface area (Å²) >= 11 is 0. The van der Waals surface area contributed by atoms with Gasteiger partial charge >= 0.3 is 6.61 Å². The van der Waals surface area contributed by atoms with E-state index in [2.05, 4.69) is 15.4 Å². The van der Waals surface area contributed by atoms with Crippen molar-refractivity contribution in [3.05, 3.63) is 59.7 Å². The number of methoxy groups -OCH3 is 1. The van der Waals surface area contributed by atoms with Gasteiger partial charge in [-0.3, -0.25) is 9.59 Å². The number of nitrogens with one attached hydrogen (secondary N) is 2. The first-order chi connectivity index (χ1) is 13.8. The molecule has 2 N–H and O–H groups in total. The van der Waals surface area contributed by atoms with Gasteiger partial charge in [-0.1, -0.05) is 18.2 Å². The maximum Gasteiger partial charge on any atom is 0.387 e. The molecule has 1 atom stereocenters. The Morgan fingerprint density at radius 2 is 1.79 bits per heavy atom. The molecular formula is C21H22F2N2O4. The minimum absolute atomic E-state index is 0.0306. The van der Waals surface area contributed by atoms with Crippen molar-refractivity contribution in [1.29, 1.82) is 0 Å². The van der Waals surface area contributed by atoms with E-state index in [9.17, 15) is 18.4 Å². The second-order valence-electron chi connectivity index (χ2n) is 6.13. The molecule has 0 bridgehead atoms. The van der Waals surface area contributed by atoms with Crippen molar-refractivity contribution in [3.8, 4) is 11.5 Å². The topological polar surface area (TPSA) is 76.7 Å². The van der Waals surface area contributed by atoms with Crippen molar-refractivity contribution >= 4 is 23.6 Å². The molecule has 0 spiro atoms. The van der Waals surface area contributed by atoms with Gasteiger partial charge in [0.05, 0.1) is 7.11 Å². The summed E-state index contributed by atoms with van der Waals surface area (Å²) in [6.45, 7) is 0.104. The van der Waals surface area contributed by atoms with Gasteiger partial charge in [-0.25, -0.2) is 0 Å². The molecule has 154 valence electrons. The molecule has 0 heterocycles. The molecule has 6 nitrogen and oxygen atoms in total. The van der Waals surface area contributed by atoms with Gasteiger partial charge in [-0.05, 0) is 49.8 Å². The Labute approximate surface area is 167 Å². The van der Waals surface area contributed by atoms with E-state index in [0.717, 1.165) is 5.56 Å². The average Bonchev–Trinajstić information content (AvgIpc) is 2.69. The van der Waals surface area contributed by atoms with Crippen molar-refractivity contribution in [3.63, 3.8) is 0 Å². The summed E-state index contributed by atoms with van der Waals surface area (Å²) in [7, 11) is 1.56. The highest BCUT2D eigenvalue weighted by molar-refractivity contribution is 6.00. The highest BCUT2D eigenvalue weighted by Gasteiger charge is 2.17. The van der Waals surface area contributed by atoms with Gasteiger partial charge in [0, 0.05) is 17.3 Å². The third-order valence-electron chi connectivity index (χ3n) is 4.05. The molecule has 2 aromatic carbocycles. The molecule has 0 aromatic heterocycles. The fourth-order valence-corrected chi connectivity index (χ4v) is 2.43. The molecule has 2 aromatic rings. The zero-order valence-electron chi connectivity index (χ0n) is 16.2. The zero-order valence-corrected chi connectivity index (χ0v) is 16.2. The van der Waals surface area contributed by atoms with Gasteiger partial charge in [0.15, 0.2) is 0 Å². The molecule has 0 aliphatic heterocycles. The summed E-state index contributed by atoms with van der Waals surface area (Å²) in [4.78, 5) is 24.4. The quantitative estimate of drug-likeness (QED) is 0.657. The van der Waals surface area contributed by atoms with Gasteiger partial charge < -0.3 is 20.1 Å². The summed E-state index contributed by atoms with van der Waals surface area (Å²) in [5.74, 6) is -0.268. The van der Waals surface area contributed by atoms with Gasteiger partial charge in [0.1, 0.15) is 17.5 Å². The van der Waals surface area contributed by atoms with Crippen molar-refractivity contribution in [1.82, 2.24) is 5.32 Å². The highest BCUT2D eigenvalue weighted by Crippen LogP contribution is 2.26. The number of anilines is 1. The Balaban J connectivity index is 1.94. The van der Waals surface area contributed by atoms with Crippen LogP contribution < -0.4 is 20.1 Å². The predicted octanol–water partition coefficient (Wildman–Crippen LogP) is 3.76. The van der Waals surface area contributed by atoms with E-state index in [-0.39, 0.29) is 5.75 Å². The second-order valence-corrected chi connectivity index (χ2v) is 6.13. The SMILES string of the molecule is COc1ccc(/C=C/C(=O)NC(C)C(=O)Nc2cccc(OC(F)F)c2C)cc1. The molecule has 2 rings (SSSR count). The zero-order chi connectivity index (χ0) is 21.4. The number of hydrogen-bond donors (Lipinski definition) is 2. The van der Waals surface area contributed by atoms with Gasteiger partial charge in [-0.2, -0.15) is 8.78 Å². The van der Waals surface area contributed by atoms with Gasteiger partial charge in [0.2, 0.25) is 11.8 Å². The third kappa shape index (κ3) is 6.60. The average molecular weight is 404 g/mol. The molecule has 0 saturated heterocycles. The van der Waals surface area contributed by atoms with Crippen LogP contribution in [0.25, 0.3) is 6.08 Å². The Hall–Kier alpha value is -3.42. The number of alkyl halides is 2. The van der Waals surface area contributed by atoms with Crippen molar-refractivity contribution in [2.75, 3.05) is 12.4 Å². The number of amides is 2. The Kier molecular flexibility index (Phi) is 7.70. The van der Waals surface area contributed by atoms with E-state index >= 15 is 0 Å². The van der Waals surface area contributed by atoms with Crippen LogP contribution in [0.3, 0.4) is 0 Å². The van der Waals surface area contributed by atoms with E-state index < -0.39 is 24.5 Å². The summed E-state index contributed by atoms with van der Waals surface area (Å²) < 4.78 is 34.3. The van der Waals surface area contributed by atoms with Crippen molar-refractivity contribution in [2.24, 2.45) is 0 Å². The summed E-state index contributed by atoms with van der Waals surface area (Å²) in [6.07, 6.45) is 2.92. The largest absolute Gasteiger partial charge is 0.497 e. The van der Waals surface area contributed by atoms with Crippen LogP contribution in [-0.4, -0.2) is 31.6 Å². The molecular weight excluding hydrogens is 382 g/mol. The number of halogens is 2. The third-order valence-corrected chi connectivity index (χ3v) is 4.05. The molecule has 2 amide bonds. The molecule has 0 fully saturated rings. The first kappa shape index (κ1) is 21.9. The molecule has 1 unspecified atom stereocenters. The lowest BCUT2D eigenvalue weighted by atomic mass is 10.1. The molecule has 0 saturated carbocycles. The molecule has 8 heteroatoms. The van der Waals surface area contributed by atoms with Crippen molar-refractivity contribution in [2.45, 2.75) is 26.5 Å². The maximum absolute atomic E-state index is 12.4. The number of benzene rings is 2. The van der Waals surface area contributed by atoms with E-state index in [1.807, 2.05) is 0 Å². The van der Waals surface area contributed by atoms with E-state index in [1.165, 1.54) is 25.1 Å². The number of ether oxygens (including phenoxy) is 2. The minimum atomic E-state index is -2.96. The predicted molar refractivity (Wildman–Crippen MR) is 106 cm³/mol. The molecule has 29 heavy (non-hydrogen) atoms. The Bertz CT molecular complexity index is 883. The van der Waals surface area contributed by atoms with Gasteiger partial charge in [0.25, 0.3) is 0 Å². The number of carbonyl (C=O) groups excluding carboxylic acids is 2. The van der Waals surface area contributed by atoms with Crippen LogP contribution in [0.2, 0.25) is 0 Å². The van der Waals surface area contributed by atoms with Crippen molar-refractivity contribution < 1.29 is 27.8 Å². The molecule has 0 aliphatic rings. The van der Waals surface area contributed by atoms with Crippen LogP contribution in [0.4, 0.5) is 14.5 Å². The van der Waals surface area contributed by atoms with E-state index in [0.29, 0.717) is 17.0 Å². The minimum Gasteiger partial charge on any atom is -0.497 e. The first-order valence-electron chi connectivity index (χ1n) is 8.78. The fraction of sp³-hybridized carbons (Fsp3) is 0.238. The fourth-order valence-electron chi connectivity index (χ4n) is 2.43. The van der Waals surface area contributed by atoms with Crippen LogP contribution in [0.15, 0.2) is 48.5 Å². The maximum atomic E-state index is 12.4. The second kappa shape index (κ2) is 10.2. The monoisotopic (exact) mass is 404 g/mol. The van der Waals surface area contributed by atoms with Crippen LogP contribution in [0, 0.1) is 6.92 Å². The first-order valence-corrected chi connectivity index (χ1v) is 8.78. The normalized spacial score (nSPS) is 11.9. The number of carbonyl (C=O) groups is 2. The Morgan fingerprint density at radius 1 is 1.10 bits per heavy atom. The van der Waals surface area contributed by atoms with E-state index in [1.54, 1.807) is 50.4 Å². The van der Waals surface area contributed by atoms with Crippen LogP contribution >= 0.6 is 0 Å². The number of rotatable bonds is 8. The van der Waals surface area contributed by atoms with Crippen LogP contribution in [0.5, 0.6) is 11.5 Å². The summed E-state index contributed by atoms with van der Waals surface area (Å²) in [5, 5.41) is 5.14. The lowest BCUT2D eigenvalue weighted by molar-refractivity contribution is -0.123. The Morgan fingerprint density at radius 3 is 2.41 bits per heavy atom. The molecule has 0 aliphatic carbocycles. The summed E-state index contributed by atoms with van der Waals surface area (Å²) in [5.41, 5.74) is 1.48. The lowest BCUT2D eigenvalue weighted by Gasteiger charge is -2.16. The number of hydrogen-bond acceptors (Lipinski definition) is 4. The highest BCUT2D eigenvalue weighted by atomic mass is 19.3. The van der Waals surface area contributed by atoms with Crippen LogP contribution in [-0.2, 0) is 9.59 Å².